The number of fused-ring (bicyclic) bond motifs is 1. The normalized spacial score (nSPS) is 26.8. The second-order valence-corrected chi connectivity index (χ2v) is 10.3. The molecule has 1 unspecified atom stereocenters. The summed E-state index contributed by atoms with van der Waals surface area (Å²) in [5, 5.41) is 14.8. The lowest BCUT2D eigenvalue weighted by Gasteiger charge is -2.31. The smallest absolute Gasteiger partial charge is 0.252 e. The number of rotatable bonds is 4. The van der Waals surface area contributed by atoms with Gasteiger partial charge >= 0.3 is 0 Å². The maximum Gasteiger partial charge on any atom is 0.252 e. The van der Waals surface area contributed by atoms with Gasteiger partial charge in [-0.15, -0.1) is 0 Å². The van der Waals surface area contributed by atoms with E-state index in [4.69, 9.17) is 0 Å². The van der Waals surface area contributed by atoms with Crippen molar-refractivity contribution in [2.45, 2.75) is 56.7 Å². The molecular weight excluding hydrogens is 394 g/mol. The Bertz CT molecular complexity index is 1070. The van der Waals surface area contributed by atoms with Gasteiger partial charge in [0.1, 0.15) is 5.65 Å². The van der Waals surface area contributed by atoms with Crippen molar-refractivity contribution in [1.82, 2.24) is 18.8 Å². The van der Waals surface area contributed by atoms with Crippen LogP contribution in [0.3, 0.4) is 0 Å². The summed E-state index contributed by atoms with van der Waals surface area (Å²) in [4.78, 5) is 21.6. The highest BCUT2D eigenvalue weighted by Gasteiger charge is 2.39. The molecule has 1 saturated carbocycles. The van der Waals surface area contributed by atoms with E-state index in [1.807, 2.05) is 0 Å². The molecule has 4 rings (SSSR count). The van der Waals surface area contributed by atoms with E-state index in [-0.39, 0.29) is 17.6 Å². The third-order valence-electron chi connectivity index (χ3n) is 6.11. The monoisotopic (exact) mass is 421 g/mol. The molecule has 2 atom stereocenters. The number of aliphatic hydroxyl groups is 1. The van der Waals surface area contributed by atoms with Crippen molar-refractivity contribution >= 4 is 27.0 Å². The van der Waals surface area contributed by atoms with Crippen LogP contribution in [-0.4, -0.2) is 63.4 Å². The molecule has 2 aromatic rings. The molecule has 2 aliphatic rings. The van der Waals surface area contributed by atoms with E-state index in [1.165, 1.54) is 16.6 Å². The maximum atomic E-state index is 12.6. The fourth-order valence-corrected chi connectivity index (χ4v) is 5.34. The predicted molar refractivity (Wildman–Crippen MR) is 110 cm³/mol. The van der Waals surface area contributed by atoms with Crippen LogP contribution in [0, 0.1) is 0 Å². The Morgan fingerprint density at radius 1 is 1.24 bits per heavy atom. The molecule has 0 amide bonds. The summed E-state index contributed by atoms with van der Waals surface area (Å²) in [5.41, 5.74) is -0.624. The second kappa shape index (κ2) is 7.33. The molecule has 158 valence electrons. The highest BCUT2D eigenvalue weighted by atomic mass is 32.2. The highest BCUT2D eigenvalue weighted by Crippen LogP contribution is 2.39. The van der Waals surface area contributed by atoms with Crippen molar-refractivity contribution in [3.8, 4) is 0 Å². The summed E-state index contributed by atoms with van der Waals surface area (Å²) < 4.78 is 26.4. The molecule has 0 spiro atoms. The zero-order valence-corrected chi connectivity index (χ0v) is 17.5. The number of anilines is 1. The van der Waals surface area contributed by atoms with Gasteiger partial charge in [0.15, 0.2) is 0 Å². The predicted octanol–water partition coefficient (Wildman–Crippen LogP) is 1.10. The van der Waals surface area contributed by atoms with Crippen LogP contribution >= 0.6 is 0 Å². The minimum atomic E-state index is -3.17. The van der Waals surface area contributed by atoms with Crippen molar-refractivity contribution in [3.63, 3.8) is 0 Å². The molecule has 3 heterocycles. The van der Waals surface area contributed by atoms with Gasteiger partial charge in [0.2, 0.25) is 16.0 Å². The van der Waals surface area contributed by atoms with Crippen LogP contribution in [0.2, 0.25) is 0 Å². The van der Waals surface area contributed by atoms with Gasteiger partial charge < -0.3 is 10.4 Å². The Balaban J connectivity index is 1.61. The van der Waals surface area contributed by atoms with Gasteiger partial charge in [-0.25, -0.2) is 17.7 Å². The summed E-state index contributed by atoms with van der Waals surface area (Å²) in [6, 6.07) is 2.93. The van der Waals surface area contributed by atoms with Crippen LogP contribution in [0.25, 0.3) is 11.0 Å². The van der Waals surface area contributed by atoms with E-state index in [9.17, 15) is 18.3 Å². The van der Waals surface area contributed by atoms with Gasteiger partial charge in [-0.2, -0.15) is 4.98 Å². The zero-order chi connectivity index (χ0) is 20.8. The number of pyridine rings is 1. The number of nitrogens with zero attached hydrogens (tertiary/aromatic N) is 4. The first-order valence-corrected chi connectivity index (χ1v) is 11.8. The molecule has 0 radical (unpaired) electrons. The van der Waals surface area contributed by atoms with E-state index in [0.29, 0.717) is 43.9 Å². The summed E-state index contributed by atoms with van der Waals surface area (Å²) in [6.45, 7) is 2.69. The lowest BCUT2D eigenvalue weighted by atomic mass is 10.00. The SMILES string of the molecule is C[C@]1(O)CCCC1n1c(=O)ccc2cnc(NC3CCN(S(C)(=O)=O)CC3)nc21. The zero-order valence-electron chi connectivity index (χ0n) is 16.7. The lowest BCUT2D eigenvalue weighted by Crippen LogP contribution is -2.42. The average Bonchev–Trinajstić information content (AvgIpc) is 3.00. The summed E-state index contributed by atoms with van der Waals surface area (Å²) in [7, 11) is -3.17. The topological polar surface area (TPSA) is 117 Å². The van der Waals surface area contributed by atoms with Crippen LogP contribution in [0.15, 0.2) is 23.1 Å². The standard InChI is InChI=1S/C19H27N5O4S/c1-19(26)9-3-4-15(19)24-16(25)6-5-13-12-20-18(22-17(13)24)21-14-7-10-23(11-8-14)29(2,27)28/h5-6,12,14-15,26H,3-4,7-11H2,1-2H3,(H,20,21,22)/t15?,19-/m0/s1. The molecule has 1 aliphatic heterocycles. The first-order valence-electron chi connectivity index (χ1n) is 9.97. The second-order valence-electron chi connectivity index (χ2n) is 8.36. The first kappa shape index (κ1) is 20.2. The van der Waals surface area contributed by atoms with Crippen molar-refractivity contribution < 1.29 is 13.5 Å². The van der Waals surface area contributed by atoms with Crippen molar-refractivity contribution in [3.05, 3.63) is 28.7 Å². The third-order valence-corrected chi connectivity index (χ3v) is 7.42. The fourth-order valence-electron chi connectivity index (χ4n) is 4.46. The maximum absolute atomic E-state index is 12.6. The van der Waals surface area contributed by atoms with Gasteiger partial charge in [-0.1, -0.05) is 0 Å². The fraction of sp³-hybridized carbons (Fsp3) is 0.632. The Labute approximate surface area is 169 Å². The minimum Gasteiger partial charge on any atom is -0.388 e. The largest absolute Gasteiger partial charge is 0.388 e. The summed E-state index contributed by atoms with van der Waals surface area (Å²) in [5.74, 6) is 0.410. The Kier molecular flexibility index (Phi) is 5.12. The Morgan fingerprint density at radius 2 is 1.97 bits per heavy atom. The van der Waals surface area contributed by atoms with Crippen LogP contribution in [-0.2, 0) is 10.0 Å². The summed E-state index contributed by atoms with van der Waals surface area (Å²) in [6.07, 6.45) is 6.45. The lowest BCUT2D eigenvalue weighted by molar-refractivity contribution is 0.0267. The van der Waals surface area contributed by atoms with Gasteiger partial charge in [0.05, 0.1) is 17.9 Å². The van der Waals surface area contributed by atoms with Crippen LogP contribution in [0.5, 0.6) is 0 Å². The number of piperidine rings is 1. The van der Waals surface area contributed by atoms with E-state index in [2.05, 4.69) is 15.3 Å². The number of hydrogen-bond acceptors (Lipinski definition) is 7. The molecule has 2 aromatic heterocycles. The Morgan fingerprint density at radius 3 is 2.59 bits per heavy atom. The molecule has 2 fully saturated rings. The van der Waals surface area contributed by atoms with Crippen LogP contribution in [0.1, 0.15) is 45.1 Å². The molecule has 0 bridgehead atoms. The van der Waals surface area contributed by atoms with Gasteiger partial charge in [0.25, 0.3) is 5.56 Å². The molecule has 9 nitrogen and oxygen atoms in total. The third kappa shape index (κ3) is 4.01. The van der Waals surface area contributed by atoms with E-state index < -0.39 is 15.6 Å². The van der Waals surface area contributed by atoms with Crippen molar-refractivity contribution in [1.29, 1.82) is 0 Å². The molecule has 0 aromatic carbocycles. The van der Waals surface area contributed by atoms with Gasteiger partial charge in [0, 0.05) is 36.8 Å². The van der Waals surface area contributed by atoms with Gasteiger partial charge in [-0.05, 0) is 45.1 Å². The number of hydrogen-bond donors (Lipinski definition) is 2. The molecule has 29 heavy (non-hydrogen) atoms. The number of sulfonamides is 1. The van der Waals surface area contributed by atoms with Crippen LogP contribution < -0.4 is 10.9 Å². The molecular formula is C19H27N5O4S. The van der Waals surface area contributed by atoms with E-state index in [0.717, 1.165) is 18.2 Å². The minimum absolute atomic E-state index is 0.0592. The molecule has 1 saturated heterocycles. The summed E-state index contributed by atoms with van der Waals surface area (Å²) >= 11 is 0. The number of aromatic nitrogens is 3. The quantitative estimate of drug-likeness (QED) is 0.759. The average molecular weight is 422 g/mol. The van der Waals surface area contributed by atoms with Gasteiger partial charge in [-0.3, -0.25) is 9.36 Å². The molecule has 10 heteroatoms. The highest BCUT2D eigenvalue weighted by molar-refractivity contribution is 7.88. The number of nitrogens with one attached hydrogen (secondary N) is 1. The van der Waals surface area contributed by atoms with Crippen molar-refractivity contribution in [2.24, 2.45) is 0 Å². The molecule has 1 aliphatic carbocycles. The van der Waals surface area contributed by atoms with Crippen LogP contribution in [0.4, 0.5) is 5.95 Å². The Hall–Kier alpha value is -2.04. The van der Waals surface area contributed by atoms with Crippen molar-refractivity contribution in [2.75, 3.05) is 24.7 Å². The van der Waals surface area contributed by atoms with E-state index in [1.54, 1.807) is 23.8 Å². The molecule has 2 N–H and O–H groups in total. The first-order chi connectivity index (χ1) is 13.6. The van der Waals surface area contributed by atoms with E-state index >= 15 is 0 Å².